The van der Waals surface area contributed by atoms with E-state index in [-0.39, 0.29) is 12.1 Å². The van der Waals surface area contributed by atoms with Crippen LogP contribution in [-0.4, -0.2) is 34.8 Å². The highest BCUT2D eigenvalue weighted by atomic mass is 32.2. The number of aliphatic hydroxyl groups is 1. The third kappa shape index (κ3) is 5.20. The molecule has 2 rings (SSSR count). The molecule has 0 saturated carbocycles. The number of nitrogens with one attached hydrogen (secondary N) is 2. The molecule has 1 saturated heterocycles. The smallest absolute Gasteiger partial charge is 0.315 e. The van der Waals surface area contributed by atoms with Crippen molar-refractivity contribution in [2.45, 2.75) is 38.3 Å². The number of urea groups is 1. The zero-order valence-electron chi connectivity index (χ0n) is 12.6. The molecule has 1 aromatic rings. The average molecular weight is 329 g/mol. The Morgan fingerprint density at radius 1 is 1.52 bits per heavy atom. The number of rotatable bonds is 6. The molecule has 1 fully saturated rings. The van der Waals surface area contributed by atoms with Crippen molar-refractivity contribution in [3.8, 4) is 0 Å². The van der Waals surface area contributed by atoms with Gasteiger partial charge in [0.15, 0.2) is 0 Å². The van der Waals surface area contributed by atoms with Crippen LogP contribution in [0, 0.1) is 5.92 Å². The molecule has 0 radical (unpaired) electrons. The first kappa shape index (κ1) is 16.6. The molecule has 2 amide bonds. The fraction of sp³-hybridized carbons (Fsp3) is 0.667. The summed E-state index contributed by atoms with van der Waals surface area (Å²) in [6, 6.07) is 3.90. The summed E-state index contributed by atoms with van der Waals surface area (Å²) in [5.41, 5.74) is -0.738. The van der Waals surface area contributed by atoms with Gasteiger partial charge in [0.1, 0.15) is 0 Å². The van der Waals surface area contributed by atoms with Gasteiger partial charge in [-0.15, -0.1) is 11.3 Å². The van der Waals surface area contributed by atoms with Crippen molar-refractivity contribution in [2.24, 2.45) is 5.92 Å². The molecule has 2 heterocycles. The molecule has 0 spiro atoms. The van der Waals surface area contributed by atoms with Crippen LogP contribution in [0.15, 0.2) is 17.5 Å². The number of hydrogen-bond acceptors (Lipinski definition) is 4. The molecule has 1 aliphatic heterocycles. The van der Waals surface area contributed by atoms with Gasteiger partial charge in [0.25, 0.3) is 0 Å². The first-order chi connectivity index (χ1) is 9.98. The largest absolute Gasteiger partial charge is 0.387 e. The van der Waals surface area contributed by atoms with Gasteiger partial charge >= 0.3 is 6.03 Å². The lowest BCUT2D eigenvalue weighted by Crippen LogP contribution is -2.47. The minimum atomic E-state index is -0.738. The van der Waals surface area contributed by atoms with Crippen molar-refractivity contribution < 1.29 is 9.90 Å². The molecule has 0 aromatic carbocycles. The summed E-state index contributed by atoms with van der Waals surface area (Å²) in [5.74, 6) is 2.17. The normalized spacial score (nSPS) is 23.2. The molecule has 1 aromatic heterocycles. The molecule has 6 heteroatoms. The molecular formula is C15H24N2O2S2. The standard InChI is InChI=1S/C15H24N2O2S2/c1-11(2)8-12(13-4-3-6-21-13)17-14(18)16-9-15(19)5-7-20-10-15/h3-4,6,11-12,19H,5,7-10H2,1-2H3,(H2,16,17,18)/t12-,15-/m0/s1. The lowest BCUT2D eigenvalue weighted by Gasteiger charge is -2.24. The topological polar surface area (TPSA) is 61.4 Å². The van der Waals surface area contributed by atoms with Crippen LogP contribution in [0.4, 0.5) is 4.79 Å². The fourth-order valence-corrected chi connectivity index (χ4v) is 4.48. The minimum Gasteiger partial charge on any atom is -0.387 e. The Labute approximate surface area is 134 Å². The van der Waals surface area contributed by atoms with Crippen molar-refractivity contribution in [1.82, 2.24) is 10.6 Å². The van der Waals surface area contributed by atoms with E-state index in [4.69, 9.17) is 0 Å². The van der Waals surface area contributed by atoms with Gasteiger partial charge in [0.2, 0.25) is 0 Å². The van der Waals surface area contributed by atoms with Crippen LogP contribution in [0.3, 0.4) is 0 Å². The summed E-state index contributed by atoms with van der Waals surface area (Å²) in [5, 5.41) is 18.1. The zero-order valence-corrected chi connectivity index (χ0v) is 14.2. The van der Waals surface area contributed by atoms with Crippen LogP contribution in [0.5, 0.6) is 0 Å². The van der Waals surface area contributed by atoms with Gasteiger partial charge in [-0.2, -0.15) is 11.8 Å². The molecule has 0 bridgehead atoms. The summed E-state index contributed by atoms with van der Waals surface area (Å²) in [6.45, 7) is 4.63. The molecule has 0 unspecified atom stereocenters. The third-order valence-electron chi connectivity index (χ3n) is 3.56. The van der Waals surface area contributed by atoms with Crippen molar-refractivity contribution in [2.75, 3.05) is 18.1 Å². The highest BCUT2D eigenvalue weighted by Crippen LogP contribution is 2.27. The number of carbonyl (C=O) groups excluding carboxylic acids is 1. The molecule has 4 nitrogen and oxygen atoms in total. The average Bonchev–Trinajstić information content (AvgIpc) is 3.07. The molecule has 0 aliphatic carbocycles. The quantitative estimate of drug-likeness (QED) is 0.752. The summed E-state index contributed by atoms with van der Waals surface area (Å²) < 4.78 is 0. The van der Waals surface area contributed by atoms with Crippen molar-refractivity contribution in [3.63, 3.8) is 0 Å². The van der Waals surface area contributed by atoms with E-state index in [1.54, 1.807) is 23.1 Å². The van der Waals surface area contributed by atoms with Gasteiger partial charge in [-0.05, 0) is 36.0 Å². The third-order valence-corrected chi connectivity index (χ3v) is 5.78. The number of carbonyl (C=O) groups is 1. The van der Waals surface area contributed by atoms with Crippen LogP contribution in [0.1, 0.15) is 37.6 Å². The Balaban J connectivity index is 1.86. The number of thiophene rings is 1. The van der Waals surface area contributed by atoms with Gasteiger partial charge in [-0.1, -0.05) is 19.9 Å². The van der Waals surface area contributed by atoms with E-state index in [2.05, 4.69) is 30.5 Å². The molecule has 3 N–H and O–H groups in total. The van der Waals surface area contributed by atoms with Crippen LogP contribution in [0.2, 0.25) is 0 Å². The molecule has 1 aliphatic rings. The molecule has 118 valence electrons. The van der Waals surface area contributed by atoms with Crippen molar-refractivity contribution >= 4 is 29.1 Å². The van der Waals surface area contributed by atoms with E-state index in [9.17, 15) is 9.90 Å². The van der Waals surface area contributed by atoms with Crippen LogP contribution < -0.4 is 10.6 Å². The van der Waals surface area contributed by atoms with E-state index in [1.807, 2.05) is 11.4 Å². The summed E-state index contributed by atoms with van der Waals surface area (Å²) >= 11 is 3.40. The van der Waals surface area contributed by atoms with Gasteiger partial charge < -0.3 is 15.7 Å². The summed E-state index contributed by atoms with van der Waals surface area (Å²) in [7, 11) is 0. The van der Waals surface area contributed by atoms with Crippen molar-refractivity contribution in [3.05, 3.63) is 22.4 Å². The Bertz CT molecular complexity index is 443. The maximum absolute atomic E-state index is 12.1. The molecular weight excluding hydrogens is 304 g/mol. The van der Waals surface area contributed by atoms with Crippen LogP contribution >= 0.6 is 23.1 Å². The number of hydrogen-bond donors (Lipinski definition) is 3. The lowest BCUT2D eigenvalue weighted by molar-refractivity contribution is 0.0698. The zero-order chi connectivity index (χ0) is 15.3. The maximum Gasteiger partial charge on any atom is 0.315 e. The van der Waals surface area contributed by atoms with Gasteiger partial charge in [0.05, 0.1) is 11.6 Å². The first-order valence-corrected chi connectivity index (χ1v) is 9.40. The first-order valence-electron chi connectivity index (χ1n) is 7.36. The van der Waals surface area contributed by atoms with Crippen LogP contribution in [-0.2, 0) is 0 Å². The van der Waals surface area contributed by atoms with E-state index in [0.29, 0.717) is 18.2 Å². The fourth-order valence-electron chi connectivity index (χ4n) is 2.40. The second-order valence-electron chi connectivity index (χ2n) is 6.05. The minimum absolute atomic E-state index is 0.0394. The van der Waals surface area contributed by atoms with Gasteiger partial charge in [0, 0.05) is 17.2 Å². The number of thioether (sulfide) groups is 1. The highest BCUT2D eigenvalue weighted by molar-refractivity contribution is 7.99. The molecule has 2 atom stereocenters. The van der Waals surface area contributed by atoms with E-state index >= 15 is 0 Å². The van der Waals surface area contributed by atoms with Crippen molar-refractivity contribution in [1.29, 1.82) is 0 Å². The van der Waals surface area contributed by atoms with E-state index in [1.165, 1.54) is 4.88 Å². The SMILES string of the molecule is CC(C)C[C@H](NC(=O)NC[C@@]1(O)CCSC1)c1cccs1. The van der Waals surface area contributed by atoms with E-state index < -0.39 is 5.60 Å². The summed E-state index contributed by atoms with van der Waals surface area (Å²) in [4.78, 5) is 13.3. The number of amides is 2. The van der Waals surface area contributed by atoms with E-state index in [0.717, 1.165) is 18.6 Å². The van der Waals surface area contributed by atoms with Crippen LogP contribution in [0.25, 0.3) is 0 Å². The Morgan fingerprint density at radius 2 is 2.33 bits per heavy atom. The Hall–Kier alpha value is -0.720. The summed E-state index contributed by atoms with van der Waals surface area (Å²) in [6.07, 6.45) is 1.66. The molecule has 21 heavy (non-hydrogen) atoms. The maximum atomic E-state index is 12.1. The van der Waals surface area contributed by atoms with Gasteiger partial charge in [-0.25, -0.2) is 4.79 Å². The monoisotopic (exact) mass is 328 g/mol. The highest BCUT2D eigenvalue weighted by Gasteiger charge is 2.32. The predicted octanol–water partition coefficient (Wildman–Crippen LogP) is 3.00. The lowest BCUT2D eigenvalue weighted by atomic mass is 10.0. The predicted molar refractivity (Wildman–Crippen MR) is 89.9 cm³/mol. The second kappa shape index (κ2) is 7.51. The second-order valence-corrected chi connectivity index (χ2v) is 8.14. The Kier molecular flexibility index (Phi) is 5.96. The van der Waals surface area contributed by atoms with Gasteiger partial charge in [-0.3, -0.25) is 0 Å². The Morgan fingerprint density at radius 3 is 2.90 bits per heavy atom.